The van der Waals surface area contributed by atoms with Crippen LogP contribution in [0.3, 0.4) is 0 Å². The number of nitrogens with one attached hydrogen (secondary N) is 1. The number of aromatic hydroxyl groups is 1. The summed E-state index contributed by atoms with van der Waals surface area (Å²) in [7, 11) is -1.36. The number of halogens is 1. The smallest absolute Gasteiger partial charge is 0.262 e. The van der Waals surface area contributed by atoms with Crippen molar-refractivity contribution in [2.24, 2.45) is 0 Å². The fourth-order valence-corrected chi connectivity index (χ4v) is 4.74. The van der Waals surface area contributed by atoms with E-state index in [-0.39, 0.29) is 15.7 Å². The molecule has 0 amide bonds. The molecular formula is C17H15ClNO3PS. The Morgan fingerprint density at radius 3 is 2.42 bits per heavy atom. The number of fused-ring (bicyclic) bond motifs is 1. The normalized spacial score (nSPS) is 11.6. The highest BCUT2D eigenvalue weighted by molar-refractivity contribution is 7.93. The highest BCUT2D eigenvalue weighted by Crippen LogP contribution is 2.38. The molecule has 3 rings (SSSR count). The average molecular weight is 380 g/mol. The fraction of sp³-hybridized carbons (Fsp3) is 0.0588. The van der Waals surface area contributed by atoms with Gasteiger partial charge in [-0.3, -0.25) is 4.72 Å². The number of anilines is 1. The summed E-state index contributed by atoms with van der Waals surface area (Å²) in [6, 6.07) is 13.4. The molecule has 0 bridgehead atoms. The van der Waals surface area contributed by atoms with Crippen LogP contribution in [0.2, 0.25) is 5.02 Å². The monoisotopic (exact) mass is 379 g/mol. The zero-order valence-electron chi connectivity index (χ0n) is 12.7. The summed E-state index contributed by atoms with van der Waals surface area (Å²) >= 11 is 6.03. The number of phenols is 1. The first-order valence-corrected chi connectivity index (χ1v) is 9.52. The lowest BCUT2D eigenvalue weighted by Gasteiger charge is -2.14. The van der Waals surface area contributed by atoms with Crippen molar-refractivity contribution in [1.29, 1.82) is 0 Å². The van der Waals surface area contributed by atoms with Crippen LogP contribution in [0.25, 0.3) is 10.8 Å². The van der Waals surface area contributed by atoms with Crippen LogP contribution in [0.4, 0.5) is 5.69 Å². The van der Waals surface area contributed by atoms with Gasteiger partial charge in [0.25, 0.3) is 10.0 Å². The third-order valence-corrected chi connectivity index (χ3v) is 6.08. The zero-order chi connectivity index (χ0) is 17.5. The number of benzene rings is 3. The molecule has 1 unspecified atom stereocenters. The molecular weight excluding hydrogens is 365 g/mol. The van der Waals surface area contributed by atoms with Gasteiger partial charge in [0.15, 0.2) is 0 Å². The van der Waals surface area contributed by atoms with Gasteiger partial charge >= 0.3 is 0 Å². The highest BCUT2D eigenvalue weighted by Gasteiger charge is 2.19. The Balaban J connectivity index is 2.14. The SMILES string of the molecule is Cc1ccc(S(=O)(=O)Nc2cc(Cl)c(O)c3ccccc23)c(P)c1. The number of phenolic OH excluding ortho intramolecular Hbond substituents is 1. The van der Waals surface area contributed by atoms with Gasteiger partial charge in [-0.1, -0.05) is 53.6 Å². The van der Waals surface area contributed by atoms with Gasteiger partial charge in [0.1, 0.15) is 5.75 Å². The summed E-state index contributed by atoms with van der Waals surface area (Å²) in [4.78, 5) is 0.173. The van der Waals surface area contributed by atoms with Crippen molar-refractivity contribution in [3.05, 3.63) is 59.1 Å². The van der Waals surface area contributed by atoms with E-state index in [1.807, 2.05) is 6.92 Å². The molecule has 1 atom stereocenters. The van der Waals surface area contributed by atoms with E-state index in [0.717, 1.165) is 5.56 Å². The minimum Gasteiger partial charge on any atom is -0.506 e. The van der Waals surface area contributed by atoms with Crippen molar-refractivity contribution in [2.75, 3.05) is 4.72 Å². The molecule has 0 saturated heterocycles. The minimum absolute atomic E-state index is 0.0720. The molecule has 0 aliphatic carbocycles. The van der Waals surface area contributed by atoms with Gasteiger partial charge in [-0.05, 0) is 24.4 Å². The van der Waals surface area contributed by atoms with Crippen LogP contribution in [0, 0.1) is 6.92 Å². The predicted octanol–water partition coefficient (Wildman–Crippen LogP) is 3.81. The summed E-state index contributed by atoms with van der Waals surface area (Å²) < 4.78 is 28.1. The molecule has 0 radical (unpaired) electrons. The minimum atomic E-state index is -3.79. The molecule has 0 fully saturated rings. The van der Waals surface area contributed by atoms with Crippen LogP contribution in [-0.2, 0) is 10.0 Å². The molecule has 0 heterocycles. The summed E-state index contributed by atoms with van der Waals surface area (Å²) in [5.41, 5.74) is 1.29. The second kappa shape index (κ2) is 6.25. The van der Waals surface area contributed by atoms with Crippen molar-refractivity contribution in [3.63, 3.8) is 0 Å². The molecule has 0 spiro atoms. The molecule has 124 valence electrons. The topological polar surface area (TPSA) is 66.4 Å². The third-order valence-electron chi connectivity index (χ3n) is 3.67. The van der Waals surface area contributed by atoms with Gasteiger partial charge in [-0.25, -0.2) is 8.42 Å². The first kappa shape index (κ1) is 17.0. The quantitative estimate of drug-likeness (QED) is 0.537. The summed E-state index contributed by atoms with van der Waals surface area (Å²) in [5, 5.41) is 11.8. The molecule has 24 heavy (non-hydrogen) atoms. The third kappa shape index (κ3) is 3.07. The van der Waals surface area contributed by atoms with Crippen LogP contribution in [-0.4, -0.2) is 13.5 Å². The summed E-state index contributed by atoms with van der Waals surface area (Å²) in [6.45, 7) is 1.89. The maximum Gasteiger partial charge on any atom is 0.262 e. The van der Waals surface area contributed by atoms with E-state index < -0.39 is 10.0 Å². The van der Waals surface area contributed by atoms with Gasteiger partial charge in [0.05, 0.1) is 15.6 Å². The van der Waals surface area contributed by atoms with E-state index in [4.69, 9.17) is 11.6 Å². The van der Waals surface area contributed by atoms with Crippen LogP contribution in [0.15, 0.2) is 53.4 Å². The Morgan fingerprint density at radius 2 is 1.75 bits per heavy atom. The van der Waals surface area contributed by atoms with Crippen molar-refractivity contribution in [2.45, 2.75) is 11.8 Å². The number of rotatable bonds is 3. The summed E-state index contributed by atoms with van der Waals surface area (Å²) in [5.74, 6) is -0.0720. The highest BCUT2D eigenvalue weighted by atomic mass is 35.5. The zero-order valence-corrected chi connectivity index (χ0v) is 15.5. The lowest BCUT2D eigenvalue weighted by atomic mass is 10.1. The lowest BCUT2D eigenvalue weighted by molar-refractivity contribution is 0.482. The Bertz CT molecular complexity index is 1050. The molecule has 0 saturated carbocycles. The molecule has 0 aromatic heterocycles. The lowest BCUT2D eigenvalue weighted by Crippen LogP contribution is -2.18. The van der Waals surface area contributed by atoms with Gasteiger partial charge in [-0.2, -0.15) is 0 Å². The first-order chi connectivity index (χ1) is 11.3. The van der Waals surface area contributed by atoms with Crippen LogP contribution < -0.4 is 10.0 Å². The molecule has 7 heteroatoms. The number of hydrogen-bond acceptors (Lipinski definition) is 3. The van der Waals surface area contributed by atoms with Crippen LogP contribution >= 0.6 is 20.8 Å². The van der Waals surface area contributed by atoms with Crippen LogP contribution in [0.5, 0.6) is 5.75 Å². The van der Waals surface area contributed by atoms with E-state index in [2.05, 4.69) is 14.0 Å². The standard InChI is InChI=1S/C17H15ClNO3PS/c1-10-6-7-16(15(23)8-10)24(21,22)19-14-9-13(18)17(20)12-5-3-2-4-11(12)14/h2-9,19-20H,23H2,1H3. The van der Waals surface area contributed by atoms with Gasteiger partial charge in [0.2, 0.25) is 0 Å². The molecule has 4 nitrogen and oxygen atoms in total. The largest absolute Gasteiger partial charge is 0.506 e. The van der Waals surface area contributed by atoms with E-state index in [1.54, 1.807) is 42.5 Å². The van der Waals surface area contributed by atoms with Crippen molar-refractivity contribution in [3.8, 4) is 5.75 Å². The Hall–Kier alpha value is -1.81. The Labute approximate surface area is 147 Å². The van der Waals surface area contributed by atoms with Crippen molar-refractivity contribution >= 4 is 52.6 Å². The van der Waals surface area contributed by atoms with Gasteiger partial charge in [0, 0.05) is 10.8 Å². The van der Waals surface area contributed by atoms with Crippen molar-refractivity contribution < 1.29 is 13.5 Å². The molecule has 0 aliphatic heterocycles. The molecule has 0 aliphatic rings. The van der Waals surface area contributed by atoms with Gasteiger partial charge in [-0.15, -0.1) is 9.24 Å². The predicted molar refractivity (Wildman–Crippen MR) is 102 cm³/mol. The number of aryl methyl sites for hydroxylation is 1. The maximum atomic E-state index is 12.7. The van der Waals surface area contributed by atoms with E-state index in [9.17, 15) is 13.5 Å². The van der Waals surface area contributed by atoms with Crippen LogP contribution in [0.1, 0.15) is 5.56 Å². The van der Waals surface area contributed by atoms with E-state index >= 15 is 0 Å². The first-order valence-electron chi connectivity index (χ1n) is 7.09. The van der Waals surface area contributed by atoms with Crippen molar-refractivity contribution in [1.82, 2.24) is 0 Å². The molecule has 3 aromatic rings. The molecule has 3 aromatic carbocycles. The Kier molecular flexibility index (Phi) is 4.43. The molecule has 2 N–H and O–H groups in total. The second-order valence-corrected chi connectivity index (χ2v) is 8.13. The average Bonchev–Trinajstić information content (AvgIpc) is 2.51. The maximum absolute atomic E-state index is 12.7. The number of hydrogen-bond donors (Lipinski definition) is 2. The Morgan fingerprint density at radius 1 is 1.08 bits per heavy atom. The number of sulfonamides is 1. The van der Waals surface area contributed by atoms with Gasteiger partial charge < -0.3 is 5.11 Å². The van der Waals surface area contributed by atoms with E-state index in [0.29, 0.717) is 21.8 Å². The summed E-state index contributed by atoms with van der Waals surface area (Å²) in [6.07, 6.45) is 0. The van der Waals surface area contributed by atoms with E-state index in [1.165, 1.54) is 6.07 Å². The fourth-order valence-electron chi connectivity index (χ4n) is 2.52. The second-order valence-electron chi connectivity index (χ2n) is 5.45.